The number of para-hydroxylation sites is 1. The van der Waals surface area contributed by atoms with E-state index < -0.39 is 22.7 Å². The van der Waals surface area contributed by atoms with Crippen LogP contribution < -0.4 is 4.74 Å². The Labute approximate surface area is 164 Å². The molecule has 2 rings (SSSR count). The maximum absolute atomic E-state index is 12.6. The zero-order valence-corrected chi connectivity index (χ0v) is 17.1. The van der Waals surface area contributed by atoms with E-state index in [1.54, 1.807) is 34.9 Å². The SMILES string of the molecule is C[C@@H]1CN(C)C(=O)c2cccc([N+](=O)[O-])c2O[C@H]1CN(C)C(=O)OC(C)(C)C. The number of amides is 2. The first kappa shape index (κ1) is 21.5. The van der Waals surface area contributed by atoms with Gasteiger partial charge in [-0.15, -0.1) is 0 Å². The first-order valence-corrected chi connectivity index (χ1v) is 9.04. The molecule has 2 atom stereocenters. The van der Waals surface area contributed by atoms with E-state index in [2.05, 4.69) is 0 Å². The minimum absolute atomic E-state index is 0.0708. The Bertz CT molecular complexity index is 773. The number of nitro groups is 1. The number of likely N-dealkylation sites (N-methyl/N-ethyl adjacent to an activating group) is 1. The lowest BCUT2D eigenvalue weighted by molar-refractivity contribution is -0.386. The van der Waals surface area contributed by atoms with Gasteiger partial charge < -0.3 is 19.3 Å². The van der Waals surface area contributed by atoms with Crippen LogP contribution in [0.15, 0.2) is 18.2 Å². The van der Waals surface area contributed by atoms with Gasteiger partial charge >= 0.3 is 11.8 Å². The first-order chi connectivity index (χ1) is 12.9. The zero-order valence-electron chi connectivity index (χ0n) is 17.1. The van der Waals surface area contributed by atoms with E-state index in [-0.39, 0.29) is 35.4 Å². The van der Waals surface area contributed by atoms with Gasteiger partial charge in [-0.3, -0.25) is 14.9 Å². The Morgan fingerprint density at radius 2 is 2.07 bits per heavy atom. The quantitative estimate of drug-likeness (QED) is 0.578. The molecule has 1 aromatic rings. The molecule has 0 N–H and O–H groups in total. The summed E-state index contributed by atoms with van der Waals surface area (Å²) in [6, 6.07) is 4.26. The molecule has 9 heteroatoms. The topological polar surface area (TPSA) is 102 Å². The molecule has 0 aliphatic carbocycles. The molecule has 1 aliphatic heterocycles. The number of nitro benzene ring substituents is 1. The van der Waals surface area contributed by atoms with Gasteiger partial charge in [0, 0.05) is 32.6 Å². The third-order valence-electron chi connectivity index (χ3n) is 4.39. The van der Waals surface area contributed by atoms with Crippen molar-refractivity contribution in [2.75, 3.05) is 27.2 Å². The van der Waals surface area contributed by atoms with Crippen LogP contribution in [0.1, 0.15) is 38.1 Å². The lowest BCUT2D eigenvalue weighted by Gasteiger charge is -2.34. The van der Waals surface area contributed by atoms with Gasteiger partial charge in [-0.1, -0.05) is 13.0 Å². The minimum Gasteiger partial charge on any atom is -0.481 e. The lowest BCUT2D eigenvalue weighted by atomic mass is 10.0. The van der Waals surface area contributed by atoms with Crippen LogP contribution >= 0.6 is 0 Å². The van der Waals surface area contributed by atoms with Gasteiger partial charge in [0.05, 0.1) is 17.0 Å². The predicted octanol–water partition coefficient (Wildman–Crippen LogP) is 2.93. The number of carbonyl (C=O) groups excluding carboxylic acids is 2. The van der Waals surface area contributed by atoms with Crippen molar-refractivity contribution in [3.8, 4) is 5.75 Å². The standard InChI is InChI=1S/C19H27N3O6/c1-12-10-20(5)17(23)13-8-7-9-14(22(25)26)16(13)27-15(12)11-21(6)18(24)28-19(2,3)4/h7-9,12,15H,10-11H2,1-6H3/t12-,15+/m1/s1. The van der Waals surface area contributed by atoms with E-state index in [9.17, 15) is 19.7 Å². The summed E-state index contributed by atoms with van der Waals surface area (Å²) < 4.78 is 11.3. The van der Waals surface area contributed by atoms with E-state index in [1.807, 2.05) is 6.92 Å². The molecule has 0 fully saturated rings. The fraction of sp³-hybridized carbons (Fsp3) is 0.579. The molecule has 0 saturated carbocycles. The highest BCUT2D eigenvalue weighted by Gasteiger charge is 2.35. The van der Waals surface area contributed by atoms with Gasteiger partial charge in [0.25, 0.3) is 5.91 Å². The van der Waals surface area contributed by atoms with Crippen LogP contribution in [-0.4, -0.2) is 65.6 Å². The predicted molar refractivity (Wildman–Crippen MR) is 103 cm³/mol. The molecule has 154 valence electrons. The van der Waals surface area contributed by atoms with Crippen LogP contribution in [0.3, 0.4) is 0 Å². The zero-order chi connectivity index (χ0) is 21.2. The smallest absolute Gasteiger partial charge is 0.410 e. The molecule has 0 unspecified atom stereocenters. The van der Waals surface area contributed by atoms with Gasteiger partial charge in [-0.05, 0) is 26.8 Å². The maximum atomic E-state index is 12.6. The second-order valence-corrected chi connectivity index (χ2v) is 8.09. The van der Waals surface area contributed by atoms with Crippen molar-refractivity contribution in [1.82, 2.24) is 9.80 Å². The lowest BCUT2D eigenvalue weighted by Crippen LogP contribution is -2.47. The van der Waals surface area contributed by atoms with E-state index in [1.165, 1.54) is 28.0 Å². The fourth-order valence-electron chi connectivity index (χ4n) is 2.97. The molecule has 28 heavy (non-hydrogen) atoms. The van der Waals surface area contributed by atoms with Crippen LogP contribution in [0, 0.1) is 16.0 Å². The Morgan fingerprint density at radius 1 is 1.43 bits per heavy atom. The van der Waals surface area contributed by atoms with E-state index in [0.717, 1.165) is 0 Å². The van der Waals surface area contributed by atoms with Crippen LogP contribution in [-0.2, 0) is 4.74 Å². The van der Waals surface area contributed by atoms with Gasteiger partial charge in [0.15, 0.2) is 0 Å². The van der Waals surface area contributed by atoms with Crippen LogP contribution in [0.4, 0.5) is 10.5 Å². The summed E-state index contributed by atoms with van der Waals surface area (Å²) in [7, 11) is 3.22. The highest BCUT2D eigenvalue weighted by molar-refractivity contribution is 5.98. The van der Waals surface area contributed by atoms with Crippen molar-refractivity contribution in [1.29, 1.82) is 0 Å². The summed E-state index contributed by atoms with van der Waals surface area (Å²) in [4.78, 5) is 38.7. The number of benzene rings is 1. The van der Waals surface area contributed by atoms with E-state index >= 15 is 0 Å². The van der Waals surface area contributed by atoms with Gasteiger partial charge in [-0.25, -0.2) is 4.79 Å². The van der Waals surface area contributed by atoms with Crippen molar-refractivity contribution >= 4 is 17.7 Å². The van der Waals surface area contributed by atoms with Crippen molar-refractivity contribution in [3.63, 3.8) is 0 Å². The summed E-state index contributed by atoms with van der Waals surface area (Å²) in [6.07, 6.45) is -1.08. The number of hydrogen-bond acceptors (Lipinski definition) is 6. The average Bonchev–Trinajstić information content (AvgIpc) is 2.57. The summed E-state index contributed by atoms with van der Waals surface area (Å²) in [5.41, 5.74) is -0.789. The number of nitrogens with zero attached hydrogens (tertiary/aromatic N) is 3. The Balaban J connectivity index is 2.36. The largest absolute Gasteiger partial charge is 0.481 e. The molecule has 0 radical (unpaired) electrons. The highest BCUT2D eigenvalue weighted by atomic mass is 16.6. The molecule has 1 aromatic carbocycles. The monoisotopic (exact) mass is 393 g/mol. The van der Waals surface area contributed by atoms with Crippen LogP contribution in [0.2, 0.25) is 0 Å². The third kappa shape index (κ3) is 4.90. The Hall–Kier alpha value is -2.84. The van der Waals surface area contributed by atoms with Gasteiger partial charge in [0.2, 0.25) is 5.75 Å². The normalized spacial score (nSPS) is 19.8. The third-order valence-corrected chi connectivity index (χ3v) is 4.39. The molecule has 0 spiro atoms. The molecular formula is C19H27N3O6. The summed E-state index contributed by atoms with van der Waals surface area (Å²) in [6.45, 7) is 7.73. The summed E-state index contributed by atoms with van der Waals surface area (Å²) >= 11 is 0. The van der Waals surface area contributed by atoms with Gasteiger partial charge in [0.1, 0.15) is 11.7 Å². The van der Waals surface area contributed by atoms with Crippen molar-refractivity contribution in [2.45, 2.75) is 39.4 Å². The van der Waals surface area contributed by atoms with Crippen LogP contribution in [0.5, 0.6) is 5.75 Å². The number of hydrogen-bond donors (Lipinski definition) is 0. The molecule has 2 amide bonds. The number of fused-ring (bicyclic) bond motifs is 1. The highest BCUT2D eigenvalue weighted by Crippen LogP contribution is 2.35. The fourth-order valence-corrected chi connectivity index (χ4v) is 2.97. The van der Waals surface area contributed by atoms with Crippen molar-refractivity contribution in [2.24, 2.45) is 5.92 Å². The second kappa shape index (κ2) is 8.04. The molecule has 1 heterocycles. The first-order valence-electron chi connectivity index (χ1n) is 9.04. The summed E-state index contributed by atoms with van der Waals surface area (Å²) in [5, 5.41) is 11.5. The molecule has 0 saturated heterocycles. The van der Waals surface area contributed by atoms with Gasteiger partial charge in [-0.2, -0.15) is 0 Å². The van der Waals surface area contributed by atoms with Crippen molar-refractivity contribution < 1.29 is 24.0 Å². The van der Waals surface area contributed by atoms with Crippen LogP contribution in [0.25, 0.3) is 0 Å². The molecule has 9 nitrogen and oxygen atoms in total. The van der Waals surface area contributed by atoms with E-state index in [4.69, 9.17) is 9.47 Å². The minimum atomic E-state index is -0.642. The summed E-state index contributed by atoms with van der Waals surface area (Å²) in [5.74, 6) is -0.588. The number of rotatable bonds is 3. The molecular weight excluding hydrogens is 366 g/mol. The Kier molecular flexibility index (Phi) is 6.16. The maximum Gasteiger partial charge on any atom is 0.410 e. The number of ether oxygens (including phenoxy) is 2. The van der Waals surface area contributed by atoms with E-state index in [0.29, 0.717) is 6.54 Å². The average molecular weight is 393 g/mol. The Morgan fingerprint density at radius 3 is 2.64 bits per heavy atom. The second-order valence-electron chi connectivity index (χ2n) is 8.09. The van der Waals surface area contributed by atoms with Crippen molar-refractivity contribution in [3.05, 3.63) is 33.9 Å². The number of carbonyl (C=O) groups is 2. The molecule has 0 bridgehead atoms. The molecule has 0 aromatic heterocycles. The molecule has 1 aliphatic rings.